The van der Waals surface area contributed by atoms with Crippen molar-refractivity contribution in [3.63, 3.8) is 0 Å². The van der Waals surface area contributed by atoms with Gasteiger partial charge in [0, 0.05) is 36.8 Å². The van der Waals surface area contributed by atoms with Crippen LogP contribution in [0.15, 0.2) is 61.1 Å². The first kappa shape index (κ1) is 21.3. The van der Waals surface area contributed by atoms with E-state index in [-0.39, 0.29) is 11.9 Å². The van der Waals surface area contributed by atoms with E-state index in [0.717, 1.165) is 45.7 Å². The minimum atomic E-state index is 0.0278. The lowest BCUT2D eigenvalue weighted by Gasteiger charge is -2.53. The topological polar surface area (TPSA) is 67.2 Å². The number of amides is 1. The molecule has 2 saturated heterocycles. The van der Waals surface area contributed by atoms with Crippen molar-refractivity contribution in [1.29, 1.82) is 0 Å². The Labute approximate surface area is 206 Å². The van der Waals surface area contributed by atoms with Gasteiger partial charge in [-0.3, -0.25) is 4.79 Å². The van der Waals surface area contributed by atoms with Crippen LogP contribution in [-0.2, 0) is 0 Å². The number of halogens is 1. The molecule has 2 fully saturated rings. The lowest BCUT2D eigenvalue weighted by molar-refractivity contribution is 0.0592. The molecule has 6 rings (SSSR count). The summed E-state index contributed by atoms with van der Waals surface area (Å²) in [5.74, 6) is 0.618. The number of likely N-dealkylation sites (tertiary alicyclic amines) is 1. The maximum Gasteiger partial charge on any atom is 0.256 e. The minimum Gasteiger partial charge on any atom is -0.343 e. The monoisotopic (exact) mass is 490 g/mol. The van der Waals surface area contributed by atoms with Crippen molar-refractivity contribution in [2.24, 2.45) is 5.92 Å². The first-order valence-electron chi connectivity index (χ1n) is 11.3. The van der Waals surface area contributed by atoms with Gasteiger partial charge in [0.15, 0.2) is 5.13 Å². The van der Waals surface area contributed by atoms with Crippen LogP contribution in [0.25, 0.3) is 16.1 Å². The number of aryl methyl sites for hydroxylation is 1. The zero-order valence-corrected chi connectivity index (χ0v) is 20.2. The molecule has 0 saturated carbocycles. The van der Waals surface area contributed by atoms with E-state index < -0.39 is 0 Å². The molecule has 2 aliphatic rings. The molecule has 0 aliphatic carbocycles. The van der Waals surface area contributed by atoms with Crippen molar-refractivity contribution in [3.05, 3.63) is 77.2 Å². The highest BCUT2D eigenvalue weighted by atomic mass is 35.5. The minimum absolute atomic E-state index is 0.0278. The maximum absolute atomic E-state index is 13.6. The first-order chi connectivity index (χ1) is 16.6. The molecule has 0 spiro atoms. The number of thiazole rings is 1. The van der Waals surface area contributed by atoms with E-state index in [0.29, 0.717) is 23.7 Å². The summed E-state index contributed by atoms with van der Waals surface area (Å²) in [6, 6.07) is 14.0. The van der Waals surface area contributed by atoms with Gasteiger partial charge in [0.05, 0.1) is 34.6 Å². The van der Waals surface area contributed by atoms with E-state index >= 15 is 0 Å². The number of hydrogen-bond donors (Lipinski definition) is 0. The van der Waals surface area contributed by atoms with E-state index in [2.05, 4.69) is 21.2 Å². The Morgan fingerprint density at radius 3 is 2.79 bits per heavy atom. The molecule has 9 heteroatoms. The highest BCUT2D eigenvalue weighted by Crippen LogP contribution is 2.41. The van der Waals surface area contributed by atoms with E-state index in [4.69, 9.17) is 16.6 Å². The third-order valence-corrected chi connectivity index (χ3v) is 8.02. The predicted octanol–water partition coefficient (Wildman–Crippen LogP) is 4.70. The fraction of sp³-hybridized carbons (Fsp3) is 0.280. The van der Waals surface area contributed by atoms with E-state index in [9.17, 15) is 4.79 Å². The molecule has 2 aromatic carbocycles. The summed E-state index contributed by atoms with van der Waals surface area (Å²) in [7, 11) is 0. The highest BCUT2D eigenvalue weighted by Gasteiger charge is 2.45. The van der Waals surface area contributed by atoms with Crippen molar-refractivity contribution >= 4 is 34.0 Å². The van der Waals surface area contributed by atoms with Gasteiger partial charge in [0.1, 0.15) is 0 Å². The van der Waals surface area contributed by atoms with Gasteiger partial charge in [0.2, 0.25) is 0 Å². The van der Waals surface area contributed by atoms with Gasteiger partial charge in [-0.2, -0.15) is 15.0 Å². The van der Waals surface area contributed by atoms with E-state index in [1.807, 2.05) is 54.4 Å². The van der Waals surface area contributed by atoms with Crippen molar-refractivity contribution in [2.75, 3.05) is 24.5 Å². The lowest BCUT2D eigenvalue weighted by Crippen LogP contribution is -2.65. The Morgan fingerprint density at radius 1 is 1.12 bits per heavy atom. The number of nitrogens with zero attached hydrogens (tertiary/aromatic N) is 6. The molecule has 0 radical (unpaired) electrons. The van der Waals surface area contributed by atoms with Crippen LogP contribution in [-0.4, -0.2) is 56.5 Å². The van der Waals surface area contributed by atoms with Crippen LogP contribution in [0.3, 0.4) is 0 Å². The number of aromatic nitrogens is 4. The number of rotatable bonds is 4. The Balaban J connectivity index is 1.22. The van der Waals surface area contributed by atoms with Crippen LogP contribution in [0.4, 0.5) is 5.13 Å². The number of benzene rings is 2. The Hall–Kier alpha value is -3.23. The molecule has 0 bridgehead atoms. The van der Waals surface area contributed by atoms with Crippen molar-refractivity contribution in [3.8, 4) is 16.1 Å². The smallest absolute Gasteiger partial charge is 0.256 e. The second kappa shape index (κ2) is 8.52. The van der Waals surface area contributed by atoms with Crippen molar-refractivity contribution in [2.45, 2.75) is 19.4 Å². The standard InChI is InChI=1S/C25H23ClN6OS/c1-16-5-6-21(32-28-8-9-29-32)20(11-16)24(33)30-10-7-18-14-31(22(18)15-30)25-27-13-23(34-25)17-3-2-4-19(26)12-17/h2-6,8-9,11-13,18,22H,7,10,14-15H2,1H3/t18-,22-/m0/s1. The molecule has 2 atom stereocenters. The molecular weight excluding hydrogens is 468 g/mol. The first-order valence-corrected chi connectivity index (χ1v) is 12.5. The average molecular weight is 491 g/mol. The summed E-state index contributed by atoms with van der Waals surface area (Å²) < 4.78 is 0. The summed E-state index contributed by atoms with van der Waals surface area (Å²) in [4.78, 5) is 25.3. The summed E-state index contributed by atoms with van der Waals surface area (Å²) in [5, 5.41) is 10.2. The molecule has 1 amide bonds. The van der Waals surface area contributed by atoms with E-state index in [1.54, 1.807) is 23.7 Å². The Bertz CT molecular complexity index is 1350. The third kappa shape index (κ3) is 3.76. The molecule has 7 nitrogen and oxygen atoms in total. The molecular formula is C25H23ClN6OS. The zero-order valence-electron chi connectivity index (χ0n) is 18.6. The van der Waals surface area contributed by atoms with Crippen LogP contribution in [0.2, 0.25) is 5.02 Å². The van der Waals surface area contributed by atoms with Gasteiger partial charge in [0.25, 0.3) is 5.91 Å². The molecule has 2 aromatic heterocycles. The Kier molecular flexibility index (Phi) is 5.34. The highest BCUT2D eigenvalue weighted by molar-refractivity contribution is 7.18. The number of piperidine rings is 1. The molecule has 0 unspecified atom stereocenters. The second-order valence-corrected chi connectivity index (χ2v) is 10.3. The molecule has 34 heavy (non-hydrogen) atoms. The van der Waals surface area contributed by atoms with Crippen LogP contribution < -0.4 is 4.90 Å². The molecule has 172 valence electrons. The zero-order chi connectivity index (χ0) is 23.2. The number of anilines is 1. The van der Waals surface area contributed by atoms with Gasteiger partial charge >= 0.3 is 0 Å². The van der Waals surface area contributed by atoms with Crippen molar-refractivity contribution < 1.29 is 4.79 Å². The van der Waals surface area contributed by atoms with Gasteiger partial charge in [-0.25, -0.2) is 4.98 Å². The van der Waals surface area contributed by atoms with Crippen LogP contribution in [0.1, 0.15) is 22.3 Å². The number of hydrogen-bond acceptors (Lipinski definition) is 6. The van der Waals surface area contributed by atoms with Crippen molar-refractivity contribution in [1.82, 2.24) is 24.9 Å². The van der Waals surface area contributed by atoms with Crippen LogP contribution >= 0.6 is 22.9 Å². The van der Waals surface area contributed by atoms with E-state index in [1.165, 1.54) is 4.80 Å². The largest absolute Gasteiger partial charge is 0.343 e. The summed E-state index contributed by atoms with van der Waals surface area (Å²) >= 11 is 7.85. The van der Waals surface area contributed by atoms with Gasteiger partial charge in [-0.05, 0) is 43.2 Å². The van der Waals surface area contributed by atoms with Gasteiger partial charge < -0.3 is 9.80 Å². The fourth-order valence-corrected chi connectivity index (χ4v) is 6.05. The molecule has 4 aromatic rings. The average Bonchev–Trinajstić information content (AvgIpc) is 3.52. The fourth-order valence-electron chi connectivity index (χ4n) is 4.88. The second-order valence-electron chi connectivity index (χ2n) is 8.88. The number of carbonyl (C=O) groups is 1. The molecule has 0 N–H and O–H groups in total. The maximum atomic E-state index is 13.6. The normalized spacial score (nSPS) is 19.6. The summed E-state index contributed by atoms with van der Waals surface area (Å²) in [6.07, 6.45) is 6.16. The Morgan fingerprint density at radius 2 is 1.97 bits per heavy atom. The quantitative estimate of drug-likeness (QED) is 0.414. The van der Waals surface area contributed by atoms with Crippen LogP contribution in [0, 0.1) is 12.8 Å². The summed E-state index contributed by atoms with van der Waals surface area (Å²) in [6.45, 7) is 4.44. The van der Waals surface area contributed by atoms with Crippen LogP contribution in [0.5, 0.6) is 0 Å². The van der Waals surface area contributed by atoms with Gasteiger partial charge in [-0.15, -0.1) is 0 Å². The predicted molar refractivity (Wildman–Crippen MR) is 134 cm³/mol. The van der Waals surface area contributed by atoms with Gasteiger partial charge in [-0.1, -0.05) is 46.7 Å². The lowest BCUT2D eigenvalue weighted by atomic mass is 9.82. The molecule has 4 heterocycles. The third-order valence-electron chi connectivity index (χ3n) is 6.71. The molecule has 2 aliphatic heterocycles. The number of carbonyl (C=O) groups excluding carboxylic acids is 1. The SMILES string of the molecule is Cc1ccc(-n2nccn2)c(C(=O)N2CC[C@H]3CN(c4ncc(-c5cccc(Cl)c5)s4)[C@H]3C2)c1. The summed E-state index contributed by atoms with van der Waals surface area (Å²) in [5.41, 5.74) is 3.46. The number of fused-ring (bicyclic) bond motifs is 1.